The molecule has 8 heteroatoms. The minimum atomic E-state index is -0.297. The fraction of sp³-hybridized carbons (Fsp3) is 0.150. The van der Waals surface area contributed by atoms with E-state index in [0.29, 0.717) is 41.6 Å². The summed E-state index contributed by atoms with van der Waals surface area (Å²) in [7, 11) is 0. The molecule has 1 aliphatic heterocycles. The minimum absolute atomic E-state index is 0.0638. The van der Waals surface area contributed by atoms with Crippen molar-refractivity contribution in [2.24, 2.45) is 0 Å². The van der Waals surface area contributed by atoms with Crippen LogP contribution < -0.4 is 20.1 Å². The first-order valence-corrected chi connectivity index (χ1v) is 8.75. The van der Waals surface area contributed by atoms with Crippen LogP contribution in [-0.2, 0) is 11.3 Å². The number of nitrogens with zero attached hydrogens (tertiary/aromatic N) is 2. The maximum absolute atomic E-state index is 12.7. The summed E-state index contributed by atoms with van der Waals surface area (Å²) >= 11 is 0. The maximum Gasteiger partial charge on any atom is 0.262 e. The molecule has 28 heavy (non-hydrogen) atoms. The summed E-state index contributed by atoms with van der Waals surface area (Å²) in [5.74, 6) is 0.537. The molecule has 2 N–H and O–H groups in total. The highest BCUT2D eigenvalue weighted by molar-refractivity contribution is 6.06. The van der Waals surface area contributed by atoms with Gasteiger partial charge in [0.05, 0.1) is 24.2 Å². The lowest BCUT2D eigenvalue weighted by Crippen LogP contribution is -2.25. The van der Waals surface area contributed by atoms with Gasteiger partial charge in [-0.25, -0.2) is 4.98 Å². The number of aromatic nitrogens is 2. The standard InChI is InChI=1S/C20H18N4O4/c25-19-12-28-18-11-14(5-6-16(18)22-19)20(26)23-15-3-1-2-4-17(15)27-10-9-24-8-7-21-13-24/h1-8,11,13H,9-10,12H2,(H,22,25)(H,23,26). The number of hydrogen-bond donors (Lipinski definition) is 2. The normalized spacial score (nSPS) is 12.5. The van der Waals surface area contributed by atoms with E-state index in [1.807, 2.05) is 22.9 Å². The second-order valence-electron chi connectivity index (χ2n) is 6.15. The van der Waals surface area contributed by atoms with Crippen molar-refractivity contribution in [1.29, 1.82) is 0 Å². The summed E-state index contributed by atoms with van der Waals surface area (Å²) in [6, 6.07) is 12.1. The van der Waals surface area contributed by atoms with Gasteiger partial charge in [-0.3, -0.25) is 9.59 Å². The smallest absolute Gasteiger partial charge is 0.262 e. The van der Waals surface area contributed by atoms with Gasteiger partial charge in [-0.1, -0.05) is 12.1 Å². The lowest BCUT2D eigenvalue weighted by molar-refractivity contribution is -0.118. The zero-order valence-electron chi connectivity index (χ0n) is 14.9. The minimum Gasteiger partial charge on any atom is -0.490 e. The zero-order valence-corrected chi connectivity index (χ0v) is 14.9. The van der Waals surface area contributed by atoms with Crippen LogP contribution in [0.2, 0.25) is 0 Å². The number of amides is 2. The van der Waals surface area contributed by atoms with E-state index in [1.54, 1.807) is 42.9 Å². The molecule has 2 aromatic carbocycles. The Kier molecular flexibility index (Phi) is 4.92. The van der Waals surface area contributed by atoms with Crippen LogP contribution in [0.3, 0.4) is 0 Å². The average molecular weight is 378 g/mol. The SMILES string of the molecule is O=C1COc2cc(C(=O)Nc3ccccc3OCCn3ccnc3)ccc2N1. The van der Waals surface area contributed by atoms with Gasteiger partial charge < -0.3 is 24.7 Å². The fourth-order valence-corrected chi connectivity index (χ4v) is 2.79. The molecule has 0 saturated carbocycles. The van der Waals surface area contributed by atoms with Gasteiger partial charge in [0.1, 0.15) is 18.1 Å². The zero-order chi connectivity index (χ0) is 19.3. The van der Waals surface area contributed by atoms with Crippen molar-refractivity contribution >= 4 is 23.2 Å². The van der Waals surface area contributed by atoms with Crippen LogP contribution in [0.25, 0.3) is 0 Å². The Bertz CT molecular complexity index is 1000. The van der Waals surface area contributed by atoms with Crippen LogP contribution in [-0.4, -0.2) is 34.6 Å². The monoisotopic (exact) mass is 378 g/mol. The van der Waals surface area contributed by atoms with Crippen LogP contribution in [0.15, 0.2) is 61.2 Å². The molecule has 4 rings (SSSR count). The van der Waals surface area contributed by atoms with Gasteiger partial charge in [0.25, 0.3) is 11.8 Å². The first-order chi connectivity index (χ1) is 13.7. The van der Waals surface area contributed by atoms with Crippen LogP contribution in [0.5, 0.6) is 11.5 Å². The van der Waals surface area contributed by atoms with Gasteiger partial charge in [0.2, 0.25) is 0 Å². The molecule has 8 nitrogen and oxygen atoms in total. The molecule has 0 unspecified atom stereocenters. The fourth-order valence-electron chi connectivity index (χ4n) is 2.79. The molecule has 1 aliphatic rings. The van der Waals surface area contributed by atoms with Gasteiger partial charge in [0, 0.05) is 18.0 Å². The van der Waals surface area contributed by atoms with E-state index in [0.717, 1.165) is 0 Å². The molecule has 0 atom stereocenters. The summed E-state index contributed by atoms with van der Waals surface area (Å²) in [5.41, 5.74) is 1.55. The molecular formula is C20H18N4O4. The van der Waals surface area contributed by atoms with E-state index >= 15 is 0 Å². The van der Waals surface area contributed by atoms with E-state index in [1.165, 1.54) is 0 Å². The van der Waals surface area contributed by atoms with Crippen molar-refractivity contribution in [3.05, 3.63) is 66.7 Å². The Morgan fingerprint density at radius 3 is 3.04 bits per heavy atom. The summed E-state index contributed by atoms with van der Waals surface area (Å²) < 4.78 is 13.1. The predicted octanol–water partition coefficient (Wildman–Crippen LogP) is 2.55. The number of imidazole rings is 1. The van der Waals surface area contributed by atoms with Crippen molar-refractivity contribution in [1.82, 2.24) is 9.55 Å². The van der Waals surface area contributed by atoms with E-state index < -0.39 is 0 Å². The first-order valence-electron chi connectivity index (χ1n) is 8.75. The third-order valence-electron chi connectivity index (χ3n) is 4.18. The lowest BCUT2D eigenvalue weighted by Gasteiger charge is -2.18. The molecule has 0 radical (unpaired) electrons. The molecule has 0 bridgehead atoms. The molecule has 0 fully saturated rings. The summed E-state index contributed by atoms with van der Waals surface area (Å²) in [6.07, 6.45) is 5.29. The molecular weight excluding hydrogens is 360 g/mol. The van der Waals surface area contributed by atoms with Crippen molar-refractivity contribution in [3.63, 3.8) is 0 Å². The Labute approximate surface area is 161 Å². The highest BCUT2D eigenvalue weighted by Crippen LogP contribution is 2.30. The third kappa shape index (κ3) is 3.96. The first kappa shape index (κ1) is 17.6. The van der Waals surface area contributed by atoms with Crippen LogP contribution in [0.1, 0.15) is 10.4 Å². The summed E-state index contributed by atoms with van der Waals surface area (Å²) in [5, 5.41) is 5.56. The number of nitrogens with one attached hydrogen (secondary N) is 2. The molecule has 1 aromatic heterocycles. The number of rotatable bonds is 6. The molecule has 142 valence electrons. The second-order valence-corrected chi connectivity index (χ2v) is 6.15. The van der Waals surface area contributed by atoms with Gasteiger partial charge in [0.15, 0.2) is 6.61 Å². The van der Waals surface area contributed by atoms with Crippen LogP contribution in [0, 0.1) is 0 Å². The molecule has 0 spiro atoms. The molecule has 3 aromatic rings. The number of hydrogen-bond acceptors (Lipinski definition) is 5. The van der Waals surface area contributed by atoms with Crippen molar-refractivity contribution < 1.29 is 19.1 Å². The Morgan fingerprint density at radius 1 is 1.29 bits per heavy atom. The number of fused-ring (bicyclic) bond motifs is 1. The van der Waals surface area contributed by atoms with E-state index in [9.17, 15) is 9.59 Å². The Morgan fingerprint density at radius 2 is 2.18 bits per heavy atom. The summed E-state index contributed by atoms with van der Waals surface area (Å²) in [4.78, 5) is 28.0. The third-order valence-corrected chi connectivity index (χ3v) is 4.18. The Hall–Kier alpha value is -3.81. The predicted molar refractivity (Wildman–Crippen MR) is 103 cm³/mol. The molecule has 2 heterocycles. The second kappa shape index (κ2) is 7.83. The summed E-state index contributed by atoms with van der Waals surface area (Å²) in [6.45, 7) is 1.03. The average Bonchev–Trinajstić information content (AvgIpc) is 3.22. The molecule has 0 saturated heterocycles. The van der Waals surface area contributed by atoms with E-state index in [2.05, 4.69) is 15.6 Å². The van der Waals surface area contributed by atoms with Gasteiger partial charge in [-0.15, -0.1) is 0 Å². The van der Waals surface area contributed by atoms with Gasteiger partial charge in [-0.2, -0.15) is 0 Å². The van der Waals surface area contributed by atoms with Crippen molar-refractivity contribution in [2.75, 3.05) is 23.8 Å². The van der Waals surface area contributed by atoms with E-state index in [4.69, 9.17) is 9.47 Å². The van der Waals surface area contributed by atoms with Crippen molar-refractivity contribution in [2.45, 2.75) is 6.54 Å². The topological polar surface area (TPSA) is 94.5 Å². The largest absolute Gasteiger partial charge is 0.490 e. The lowest BCUT2D eigenvalue weighted by atomic mass is 10.1. The highest BCUT2D eigenvalue weighted by atomic mass is 16.5. The van der Waals surface area contributed by atoms with Gasteiger partial charge >= 0.3 is 0 Å². The number of anilines is 2. The van der Waals surface area contributed by atoms with Crippen LogP contribution >= 0.6 is 0 Å². The number of carbonyl (C=O) groups is 2. The number of carbonyl (C=O) groups excluding carboxylic acids is 2. The number of benzene rings is 2. The number of ether oxygens (including phenoxy) is 2. The maximum atomic E-state index is 12.7. The van der Waals surface area contributed by atoms with Crippen LogP contribution in [0.4, 0.5) is 11.4 Å². The Balaban J connectivity index is 1.44. The number of para-hydroxylation sites is 2. The highest BCUT2D eigenvalue weighted by Gasteiger charge is 2.18. The molecule has 0 aliphatic carbocycles. The van der Waals surface area contributed by atoms with E-state index in [-0.39, 0.29) is 18.4 Å². The quantitative estimate of drug-likeness (QED) is 0.687. The van der Waals surface area contributed by atoms with Crippen molar-refractivity contribution in [3.8, 4) is 11.5 Å². The van der Waals surface area contributed by atoms with Gasteiger partial charge in [-0.05, 0) is 30.3 Å². The molecule has 2 amide bonds.